The quantitative estimate of drug-likeness (QED) is 0.917. The van der Waals surface area contributed by atoms with Crippen LogP contribution in [0, 0.1) is 20.8 Å². The lowest BCUT2D eigenvalue weighted by Crippen LogP contribution is -2.17. The molecule has 2 N–H and O–H groups in total. The third kappa shape index (κ3) is 2.58. The summed E-state index contributed by atoms with van der Waals surface area (Å²) < 4.78 is 5.49. The van der Waals surface area contributed by atoms with E-state index in [1.807, 2.05) is 26.0 Å². The van der Waals surface area contributed by atoms with Crippen molar-refractivity contribution < 1.29 is 4.74 Å². The molecule has 1 heterocycles. The van der Waals surface area contributed by atoms with E-state index in [1.54, 1.807) is 19.5 Å². The fourth-order valence-electron chi connectivity index (χ4n) is 2.03. The Kier molecular flexibility index (Phi) is 3.81. The summed E-state index contributed by atoms with van der Waals surface area (Å²) in [6, 6.07) is 3.64. The highest BCUT2D eigenvalue weighted by atomic mass is 16.5. The van der Waals surface area contributed by atoms with E-state index in [9.17, 15) is 0 Å². The lowest BCUT2D eigenvalue weighted by molar-refractivity contribution is 0.403. The third-order valence-electron chi connectivity index (χ3n) is 3.33. The van der Waals surface area contributed by atoms with Gasteiger partial charge in [-0.2, -0.15) is 0 Å². The van der Waals surface area contributed by atoms with Gasteiger partial charge in [0, 0.05) is 18.0 Å². The SMILES string of the molecule is COc1c(C(N)c2ncc(C)cn2)ccc(C)c1C. The Labute approximate surface area is 113 Å². The van der Waals surface area contributed by atoms with E-state index in [0.29, 0.717) is 5.82 Å². The van der Waals surface area contributed by atoms with Gasteiger partial charge in [0.2, 0.25) is 0 Å². The Balaban J connectivity index is 2.46. The molecule has 4 nitrogen and oxygen atoms in total. The molecule has 1 unspecified atom stereocenters. The second-order valence-electron chi connectivity index (χ2n) is 4.73. The molecule has 0 spiro atoms. The van der Waals surface area contributed by atoms with E-state index in [4.69, 9.17) is 10.5 Å². The zero-order valence-electron chi connectivity index (χ0n) is 11.8. The first-order valence-electron chi connectivity index (χ1n) is 6.22. The highest BCUT2D eigenvalue weighted by Crippen LogP contribution is 2.31. The van der Waals surface area contributed by atoms with Gasteiger partial charge in [0.05, 0.1) is 13.2 Å². The minimum Gasteiger partial charge on any atom is -0.496 e. The van der Waals surface area contributed by atoms with Crippen molar-refractivity contribution in [3.05, 3.63) is 52.6 Å². The van der Waals surface area contributed by atoms with E-state index in [0.717, 1.165) is 22.4 Å². The van der Waals surface area contributed by atoms with Crippen LogP contribution in [0.4, 0.5) is 0 Å². The zero-order chi connectivity index (χ0) is 14.0. The van der Waals surface area contributed by atoms with Crippen LogP contribution in [-0.2, 0) is 0 Å². The number of hydrogen-bond acceptors (Lipinski definition) is 4. The summed E-state index contributed by atoms with van der Waals surface area (Å²) in [6.07, 6.45) is 3.55. The second kappa shape index (κ2) is 5.36. The molecule has 100 valence electrons. The van der Waals surface area contributed by atoms with Gasteiger partial charge in [0.15, 0.2) is 0 Å². The lowest BCUT2D eigenvalue weighted by atomic mass is 9.99. The summed E-state index contributed by atoms with van der Waals surface area (Å²) in [7, 11) is 1.66. The molecule has 1 aromatic carbocycles. The highest BCUT2D eigenvalue weighted by Gasteiger charge is 2.18. The highest BCUT2D eigenvalue weighted by molar-refractivity contribution is 5.48. The van der Waals surface area contributed by atoms with Crippen molar-refractivity contribution in [2.75, 3.05) is 7.11 Å². The number of aromatic nitrogens is 2. The van der Waals surface area contributed by atoms with Crippen molar-refractivity contribution in [2.24, 2.45) is 5.73 Å². The Bertz CT molecular complexity index is 579. The molecule has 19 heavy (non-hydrogen) atoms. The van der Waals surface area contributed by atoms with Gasteiger partial charge in [-0.1, -0.05) is 12.1 Å². The normalized spacial score (nSPS) is 12.3. The number of methoxy groups -OCH3 is 1. The summed E-state index contributed by atoms with van der Waals surface area (Å²) >= 11 is 0. The molecule has 0 radical (unpaired) electrons. The lowest BCUT2D eigenvalue weighted by Gasteiger charge is -2.17. The monoisotopic (exact) mass is 257 g/mol. The summed E-state index contributed by atoms with van der Waals surface area (Å²) in [5.41, 5.74) is 10.5. The molecule has 0 amide bonds. The first-order valence-corrected chi connectivity index (χ1v) is 6.22. The molecule has 0 saturated heterocycles. The first-order chi connectivity index (χ1) is 9.04. The fraction of sp³-hybridized carbons (Fsp3) is 0.333. The van der Waals surface area contributed by atoms with Gasteiger partial charge >= 0.3 is 0 Å². The van der Waals surface area contributed by atoms with Crippen LogP contribution in [0.3, 0.4) is 0 Å². The van der Waals surface area contributed by atoms with E-state index in [-0.39, 0.29) is 6.04 Å². The number of hydrogen-bond donors (Lipinski definition) is 1. The topological polar surface area (TPSA) is 61.0 Å². The van der Waals surface area contributed by atoms with Crippen LogP contribution in [0.2, 0.25) is 0 Å². The molecule has 0 fully saturated rings. The van der Waals surface area contributed by atoms with Gasteiger partial charge < -0.3 is 10.5 Å². The molecule has 0 aliphatic rings. The molecular weight excluding hydrogens is 238 g/mol. The Morgan fingerprint density at radius 1 is 1.11 bits per heavy atom. The predicted octanol–water partition coefficient (Wildman–Crippen LogP) is 2.46. The Morgan fingerprint density at radius 2 is 1.74 bits per heavy atom. The number of nitrogens with zero attached hydrogens (tertiary/aromatic N) is 2. The fourth-order valence-corrected chi connectivity index (χ4v) is 2.03. The molecular formula is C15H19N3O. The summed E-state index contributed by atoms with van der Waals surface area (Å²) in [5, 5.41) is 0. The number of ether oxygens (including phenoxy) is 1. The van der Waals surface area contributed by atoms with Crippen LogP contribution >= 0.6 is 0 Å². The molecule has 2 rings (SSSR count). The maximum atomic E-state index is 6.26. The van der Waals surface area contributed by atoms with Crippen molar-refractivity contribution in [2.45, 2.75) is 26.8 Å². The van der Waals surface area contributed by atoms with Gasteiger partial charge in [-0.25, -0.2) is 9.97 Å². The van der Waals surface area contributed by atoms with Crippen molar-refractivity contribution in [3.8, 4) is 5.75 Å². The summed E-state index contributed by atoms with van der Waals surface area (Å²) in [6.45, 7) is 6.03. The van der Waals surface area contributed by atoms with E-state index in [1.165, 1.54) is 5.56 Å². The average molecular weight is 257 g/mol. The number of benzene rings is 1. The molecule has 2 aromatic rings. The van der Waals surface area contributed by atoms with E-state index in [2.05, 4.69) is 16.9 Å². The van der Waals surface area contributed by atoms with Gasteiger partial charge in [0.1, 0.15) is 11.6 Å². The van der Waals surface area contributed by atoms with Gasteiger partial charge in [-0.05, 0) is 37.5 Å². The van der Waals surface area contributed by atoms with E-state index < -0.39 is 0 Å². The summed E-state index contributed by atoms with van der Waals surface area (Å²) in [4.78, 5) is 8.58. The van der Waals surface area contributed by atoms with Crippen LogP contribution < -0.4 is 10.5 Å². The smallest absolute Gasteiger partial charge is 0.149 e. The van der Waals surface area contributed by atoms with Crippen LogP contribution in [0.25, 0.3) is 0 Å². The summed E-state index contributed by atoms with van der Waals surface area (Å²) in [5.74, 6) is 1.42. The predicted molar refractivity (Wildman–Crippen MR) is 75.3 cm³/mol. The third-order valence-corrected chi connectivity index (χ3v) is 3.33. The van der Waals surface area contributed by atoms with Crippen molar-refractivity contribution >= 4 is 0 Å². The number of aryl methyl sites for hydroxylation is 2. The average Bonchev–Trinajstić information content (AvgIpc) is 2.41. The second-order valence-corrected chi connectivity index (χ2v) is 4.73. The largest absolute Gasteiger partial charge is 0.496 e. The van der Waals surface area contributed by atoms with Crippen LogP contribution in [-0.4, -0.2) is 17.1 Å². The Hall–Kier alpha value is -1.94. The molecule has 0 bridgehead atoms. The molecule has 1 atom stereocenters. The number of rotatable bonds is 3. The molecule has 0 aliphatic heterocycles. The van der Waals surface area contributed by atoms with Crippen molar-refractivity contribution in [1.82, 2.24) is 9.97 Å². The zero-order valence-corrected chi connectivity index (χ0v) is 11.8. The maximum Gasteiger partial charge on any atom is 0.149 e. The standard InChI is InChI=1S/C15H19N3O/c1-9-7-17-15(18-8-9)13(16)12-6-5-10(2)11(3)14(12)19-4/h5-8,13H,16H2,1-4H3. The van der Waals surface area contributed by atoms with E-state index >= 15 is 0 Å². The molecule has 1 aromatic heterocycles. The minimum absolute atomic E-state index is 0.380. The van der Waals surface area contributed by atoms with Gasteiger partial charge in [-0.3, -0.25) is 0 Å². The van der Waals surface area contributed by atoms with Gasteiger partial charge in [0.25, 0.3) is 0 Å². The maximum absolute atomic E-state index is 6.26. The molecule has 0 saturated carbocycles. The first kappa shape index (κ1) is 13.5. The number of nitrogens with two attached hydrogens (primary N) is 1. The van der Waals surface area contributed by atoms with Crippen LogP contribution in [0.1, 0.15) is 34.1 Å². The molecule has 0 aliphatic carbocycles. The van der Waals surface area contributed by atoms with Crippen LogP contribution in [0.5, 0.6) is 5.75 Å². The van der Waals surface area contributed by atoms with Crippen molar-refractivity contribution in [3.63, 3.8) is 0 Å². The minimum atomic E-state index is -0.380. The van der Waals surface area contributed by atoms with Crippen LogP contribution in [0.15, 0.2) is 24.5 Å². The van der Waals surface area contributed by atoms with Gasteiger partial charge in [-0.15, -0.1) is 0 Å². The van der Waals surface area contributed by atoms with Crippen molar-refractivity contribution in [1.29, 1.82) is 0 Å². The Morgan fingerprint density at radius 3 is 2.32 bits per heavy atom. The molecule has 4 heteroatoms.